The van der Waals surface area contributed by atoms with Crippen LogP contribution in [0.15, 0.2) is 30.3 Å². The Bertz CT molecular complexity index is 174. The van der Waals surface area contributed by atoms with E-state index in [-0.39, 0.29) is 0 Å². The lowest BCUT2D eigenvalue weighted by Gasteiger charge is -1.98. The maximum Gasteiger partial charge on any atom is 0.177 e. The minimum Gasteiger partial charge on any atom is -0.366 e. The second kappa shape index (κ2) is 4.12. The first-order valence-electron chi connectivity index (χ1n) is 3.41. The monoisotopic (exact) mass is 131 g/mol. The van der Waals surface area contributed by atoms with Crippen LogP contribution in [0, 0.1) is 0 Å². The zero-order chi connectivity index (χ0) is 7.23. The molecule has 2 radical (unpaired) electrons. The number of hydrogen-bond acceptors (Lipinski definition) is 1. The summed E-state index contributed by atoms with van der Waals surface area (Å²) >= 11 is 0. The van der Waals surface area contributed by atoms with E-state index in [1.807, 2.05) is 18.2 Å². The van der Waals surface area contributed by atoms with Gasteiger partial charge < -0.3 is 5.23 Å². The van der Waals surface area contributed by atoms with E-state index >= 15 is 0 Å². The van der Waals surface area contributed by atoms with Gasteiger partial charge in [-0.2, -0.15) is 0 Å². The minimum absolute atomic E-state index is 0.837. The first kappa shape index (κ1) is 7.35. The van der Waals surface area contributed by atoms with Crippen LogP contribution in [-0.4, -0.2) is 14.5 Å². The summed E-state index contributed by atoms with van der Waals surface area (Å²) in [5.74, 6) is 0. The molecule has 0 atom stereocenters. The first-order valence-corrected chi connectivity index (χ1v) is 3.41. The average Bonchev–Trinajstić information content (AvgIpc) is 2.03. The highest BCUT2D eigenvalue weighted by Gasteiger charge is 1.86. The van der Waals surface area contributed by atoms with Crippen molar-refractivity contribution in [2.75, 3.05) is 6.54 Å². The third-order valence-electron chi connectivity index (χ3n) is 1.40. The predicted octanol–water partition coefficient (Wildman–Crippen LogP) is 0.902. The van der Waals surface area contributed by atoms with E-state index in [2.05, 4.69) is 17.4 Å². The van der Waals surface area contributed by atoms with Crippen LogP contribution in [0.2, 0.25) is 0 Å². The third-order valence-corrected chi connectivity index (χ3v) is 1.40. The third kappa shape index (κ3) is 2.23. The van der Waals surface area contributed by atoms with Gasteiger partial charge >= 0.3 is 0 Å². The summed E-state index contributed by atoms with van der Waals surface area (Å²) < 4.78 is 0. The zero-order valence-corrected chi connectivity index (χ0v) is 5.88. The second-order valence-electron chi connectivity index (χ2n) is 2.19. The van der Waals surface area contributed by atoms with Crippen LogP contribution in [-0.2, 0) is 6.42 Å². The van der Waals surface area contributed by atoms with Crippen molar-refractivity contribution in [3.63, 3.8) is 0 Å². The quantitative estimate of drug-likeness (QED) is 0.601. The van der Waals surface area contributed by atoms with Crippen molar-refractivity contribution in [3.8, 4) is 0 Å². The fourth-order valence-electron chi connectivity index (χ4n) is 0.861. The lowest BCUT2D eigenvalue weighted by molar-refractivity contribution is 0.898. The molecule has 0 aliphatic heterocycles. The van der Waals surface area contributed by atoms with Crippen LogP contribution in [0.3, 0.4) is 0 Å². The number of rotatable bonds is 3. The van der Waals surface area contributed by atoms with Crippen LogP contribution >= 0.6 is 0 Å². The number of benzene rings is 1. The molecule has 50 valence electrons. The maximum atomic E-state index is 5.13. The standard InChI is InChI=1S/C8H10BN/c9-10-7-6-8-4-2-1-3-5-8/h1-5,10H,6-7H2. The predicted molar refractivity (Wildman–Crippen MR) is 43.9 cm³/mol. The Morgan fingerprint density at radius 2 is 1.90 bits per heavy atom. The molecule has 0 aromatic heterocycles. The van der Waals surface area contributed by atoms with Gasteiger partial charge in [-0.3, -0.25) is 0 Å². The molecule has 0 fully saturated rings. The number of nitrogens with one attached hydrogen (secondary N) is 1. The minimum atomic E-state index is 0.837. The molecule has 0 bridgehead atoms. The molecule has 0 unspecified atom stereocenters. The summed E-state index contributed by atoms with van der Waals surface area (Å²) in [4.78, 5) is 0. The topological polar surface area (TPSA) is 12.0 Å². The molecule has 0 spiro atoms. The van der Waals surface area contributed by atoms with Crippen molar-refractivity contribution < 1.29 is 0 Å². The van der Waals surface area contributed by atoms with Gasteiger partial charge in [0.05, 0.1) is 0 Å². The van der Waals surface area contributed by atoms with E-state index in [0.29, 0.717) is 0 Å². The van der Waals surface area contributed by atoms with Gasteiger partial charge in [-0.15, -0.1) is 0 Å². The van der Waals surface area contributed by atoms with Gasteiger partial charge in [0.15, 0.2) is 7.98 Å². The van der Waals surface area contributed by atoms with E-state index in [4.69, 9.17) is 7.98 Å². The Balaban J connectivity index is 2.43. The average molecular weight is 131 g/mol. The Morgan fingerprint density at radius 1 is 1.20 bits per heavy atom. The molecule has 0 heterocycles. The summed E-state index contributed by atoms with van der Waals surface area (Å²) in [5, 5.41) is 2.62. The van der Waals surface area contributed by atoms with Crippen molar-refractivity contribution in [2.24, 2.45) is 0 Å². The normalized spacial score (nSPS) is 9.60. The highest BCUT2D eigenvalue weighted by molar-refractivity contribution is 6.04. The molecule has 10 heavy (non-hydrogen) atoms. The van der Waals surface area contributed by atoms with Crippen molar-refractivity contribution in [1.29, 1.82) is 0 Å². The molecule has 0 saturated heterocycles. The van der Waals surface area contributed by atoms with Crippen molar-refractivity contribution in [1.82, 2.24) is 5.23 Å². The summed E-state index contributed by atoms with van der Waals surface area (Å²) in [7, 11) is 5.13. The van der Waals surface area contributed by atoms with Gasteiger partial charge in [-0.05, 0) is 18.5 Å². The van der Waals surface area contributed by atoms with Gasteiger partial charge in [0.2, 0.25) is 0 Å². The van der Waals surface area contributed by atoms with E-state index < -0.39 is 0 Å². The SMILES string of the molecule is [B]NCCc1ccccc1. The Labute approximate surface area is 62.9 Å². The summed E-state index contributed by atoms with van der Waals surface area (Å²) in [6.07, 6.45) is 0.997. The molecule has 1 aromatic carbocycles. The molecule has 0 aliphatic carbocycles. The zero-order valence-electron chi connectivity index (χ0n) is 5.88. The largest absolute Gasteiger partial charge is 0.366 e. The van der Waals surface area contributed by atoms with Gasteiger partial charge in [0.25, 0.3) is 0 Å². The van der Waals surface area contributed by atoms with Crippen molar-refractivity contribution in [3.05, 3.63) is 35.9 Å². The van der Waals surface area contributed by atoms with Gasteiger partial charge in [0, 0.05) is 0 Å². The molecular weight excluding hydrogens is 121 g/mol. The smallest absolute Gasteiger partial charge is 0.177 e. The molecule has 1 rings (SSSR count). The van der Waals surface area contributed by atoms with E-state index in [1.165, 1.54) is 5.56 Å². The lowest BCUT2D eigenvalue weighted by atomic mass is 10.1. The Kier molecular flexibility index (Phi) is 3.03. The van der Waals surface area contributed by atoms with E-state index in [0.717, 1.165) is 13.0 Å². The molecular formula is C8H10BN. The van der Waals surface area contributed by atoms with E-state index in [1.54, 1.807) is 0 Å². The number of hydrogen-bond donors (Lipinski definition) is 1. The van der Waals surface area contributed by atoms with Crippen LogP contribution in [0.5, 0.6) is 0 Å². The van der Waals surface area contributed by atoms with Crippen LogP contribution < -0.4 is 5.23 Å². The van der Waals surface area contributed by atoms with Gasteiger partial charge in [-0.25, -0.2) is 0 Å². The second-order valence-corrected chi connectivity index (χ2v) is 2.19. The van der Waals surface area contributed by atoms with E-state index in [9.17, 15) is 0 Å². The van der Waals surface area contributed by atoms with Gasteiger partial charge in [-0.1, -0.05) is 30.3 Å². The van der Waals surface area contributed by atoms with Crippen LogP contribution in [0.25, 0.3) is 0 Å². The Morgan fingerprint density at radius 3 is 2.50 bits per heavy atom. The molecule has 1 nitrogen and oxygen atoms in total. The molecule has 0 saturated carbocycles. The Hall–Kier alpha value is -0.755. The maximum absolute atomic E-state index is 5.13. The molecule has 1 aromatic rings. The first-order chi connectivity index (χ1) is 4.93. The molecule has 0 amide bonds. The lowest BCUT2D eigenvalue weighted by Crippen LogP contribution is -2.11. The van der Waals surface area contributed by atoms with Crippen molar-refractivity contribution >= 4 is 7.98 Å². The highest BCUT2D eigenvalue weighted by Crippen LogP contribution is 1.97. The van der Waals surface area contributed by atoms with Gasteiger partial charge in [0.1, 0.15) is 0 Å². The van der Waals surface area contributed by atoms with Crippen LogP contribution in [0.1, 0.15) is 5.56 Å². The molecule has 2 heteroatoms. The summed E-state index contributed by atoms with van der Waals surface area (Å²) in [6, 6.07) is 10.3. The summed E-state index contributed by atoms with van der Waals surface area (Å²) in [6.45, 7) is 0.837. The molecule has 1 N–H and O–H groups in total. The fourth-order valence-corrected chi connectivity index (χ4v) is 0.861. The summed E-state index contributed by atoms with van der Waals surface area (Å²) in [5.41, 5.74) is 1.32. The highest BCUT2D eigenvalue weighted by atomic mass is 14.7. The van der Waals surface area contributed by atoms with Crippen molar-refractivity contribution in [2.45, 2.75) is 6.42 Å². The van der Waals surface area contributed by atoms with Crippen LogP contribution in [0.4, 0.5) is 0 Å². The fraction of sp³-hybridized carbons (Fsp3) is 0.250. The molecule has 0 aliphatic rings.